The van der Waals surface area contributed by atoms with E-state index >= 15 is 0 Å². The van der Waals surface area contributed by atoms with Crippen LogP contribution in [0.4, 0.5) is 0 Å². The van der Waals surface area contributed by atoms with Gasteiger partial charge >= 0.3 is 0 Å². The number of carbonyl (C=O) groups excluding carboxylic acids is 1. The van der Waals surface area contributed by atoms with Gasteiger partial charge in [-0.3, -0.25) is 4.79 Å². The van der Waals surface area contributed by atoms with Crippen LogP contribution in [0.15, 0.2) is 24.3 Å². The van der Waals surface area contributed by atoms with Crippen LogP contribution in [0.3, 0.4) is 0 Å². The van der Waals surface area contributed by atoms with E-state index in [4.69, 9.17) is 4.74 Å². The smallest absolute Gasteiger partial charge is 0.220 e. The largest absolute Gasteiger partial charge is 0.382 e. The van der Waals surface area contributed by atoms with E-state index in [0.29, 0.717) is 6.42 Å². The number of fused-ring (bicyclic) bond motifs is 1. The Morgan fingerprint density at radius 1 is 1.40 bits per heavy atom. The number of benzene rings is 1. The average molecular weight is 275 g/mol. The Balaban J connectivity index is 1.94. The summed E-state index contributed by atoms with van der Waals surface area (Å²) in [4.78, 5) is 19.6. The summed E-state index contributed by atoms with van der Waals surface area (Å²) in [6.45, 7) is 3.88. The summed E-state index contributed by atoms with van der Waals surface area (Å²) in [5.41, 5.74) is 1.90. The Labute approximate surface area is 118 Å². The van der Waals surface area contributed by atoms with Crippen molar-refractivity contribution in [3.63, 3.8) is 0 Å². The number of para-hydroxylation sites is 2. The van der Waals surface area contributed by atoms with Crippen LogP contribution in [-0.2, 0) is 9.53 Å². The summed E-state index contributed by atoms with van der Waals surface area (Å²) in [5.74, 6) is 0.793. The van der Waals surface area contributed by atoms with Gasteiger partial charge in [-0.05, 0) is 32.4 Å². The number of hydrogen-bond acceptors (Lipinski definition) is 3. The second kappa shape index (κ2) is 6.52. The Hall–Kier alpha value is -1.88. The molecule has 0 saturated heterocycles. The fraction of sp³-hybridized carbons (Fsp3) is 0.467. The van der Waals surface area contributed by atoms with Crippen molar-refractivity contribution in [1.82, 2.24) is 15.3 Å². The van der Waals surface area contributed by atoms with E-state index < -0.39 is 0 Å². The normalized spacial score (nSPS) is 14.2. The van der Waals surface area contributed by atoms with Gasteiger partial charge in [0.05, 0.1) is 23.2 Å². The third-order valence-electron chi connectivity index (χ3n) is 3.38. The molecule has 108 valence electrons. The Bertz CT molecular complexity index is 546. The first-order chi connectivity index (χ1) is 9.60. The van der Waals surface area contributed by atoms with Gasteiger partial charge in [-0.15, -0.1) is 0 Å². The van der Waals surface area contributed by atoms with Crippen LogP contribution >= 0.6 is 0 Å². The fourth-order valence-electron chi connectivity index (χ4n) is 2.01. The van der Waals surface area contributed by atoms with Crippen LogP contribution in [0.2, 0.25) is 0 Å². The van der Waals surface area contributed by atoms with Crippen molar-refractivity contribution in [1.29, 1.82) is 0 Å². The molecule has 2 unspecified atom stereocenters. The molecule has 2 rings (SSSR count). The van der Waals surface area contributed by atoms with Crippen LogP contribution in [-0.4, -0.2) is 29.1 Å². The van der Waals surface area contributed by atoms with E-state index in [0.717, 1.165) is 23.3 Å². The molecule has 0 bridgehead atoms. The number of carbonyl (C=O) groups is 1. The van der Waals surface area contributed by atoms with E-state index in [9.17, 15) is 4.79 Å². The first-order valence-electron chi connectivity index (χ1n) is 6.87. The summed E-state index contributed by atoms with van der Waals surface area (Å²) in [5, 5.41) is 2.95. The third kappa shape index (κ3) is 3.57. The third-order valence-corrected chi connectivity index (χ3v) is 3.38. The number of methoxy groups -OCH3 is 1. The molecule has 1 amide bonds. The predicted octanol–water partition coefficient (Wildman–Crippen LogP) is 2.56. The van der Waals surface area contributed by atoms with Crippen LogP contribution < -0.4 is 5.32 Å². The number of hydrogen-bond donors (Lipinski definition) is 2. The molecule has 2 aromatic rings. The molecule has 0 saturated carbocycles. The molecule has 0 aliphatic heterocycles. The lowest BCUT2D eigenvalue weighted by Gasteiger charge is -2.13. The molecule has 0 aliphatic rings. The maximum Gasteiger partial charge on any atom is 0.220 e. The molecule has 0 fully saturated rings. The minimum absolute atomic E-state index is 0.0156. The number of ether oxygens (including phenoxy) is 1. The number of nitrogens with one attached hydrogen (secondary N) is 2. The number of aromatic nitrogens is 2. The van der Waals surface area contributed by atoms with Crippen molar-refractivity contribution in [3.05, 3.63) is 30.1 Å². The van der Waals surface area contributed by atoms with Crippen molar-refractivity contribution < 1.29 is 9.53 Å². The van der Waals surface area contributed by atoms with Crippen molar-refractivity contribution >= 4 is 16.9 Å². The lowest BCUT2D eigenvalue weighted by Crippen LogP contribution is -2.28. The molecule has 0 spiro atoms. The number of aromatic amines is 1. The quantitative estimate of drug-likeness (QED) is 0.851. The van der Waals surface area contributed by atoms with Gasteiger partial charge in [0.15, 0.2) is 0 Å². The van der Waals surface area contributed by atoms with Gasteiger partial charge in [0.1, 0.15) is 5.82 Å². The number of nitrogens with zero attached hydrogens (tertiary/aromatic N) is 1. The van der Waals surface area contributed by atoms with Crippen LogP contribution in [0.5, 0.6) is 0 Å². The highest BCUT2D eigenvalue weighted by Gasteiger charge is 2.14. The second-order valence-corrected chi connectivity index (χ2v) is 5.01. The highest BCUT2D eigenvalue weighted by atomic mass is 16.5. The highest BCUT2D eigenvalue weighted by molar-refractivity contribution is 5.77. The monoisotopic (exact) mass is 275 g/mol. The minimum atomic E-state index is -0.132. The molecule has 0 radical (unpaired) electrons. The van der Waals surface area contributed by atoms with E-state index in [-0.39, 0.29) is 18.1 Å². The fourth-order valence-corrected chi connectivity index (χ4v) is 2.01. The molecule has 1 heterocycles. The number of rotatable bonds is 6. The second-order valence-electron chi connectivity index (χ2n) is 5.01. The predicted molar refractivity (Wildman–Crippen MR) is 78.4 cm³/mol. The van der Waals surface area contributed by atoms with Gasteiger partial charge in [-0.25, -0.2) is 4.98 Å². The first-order valence-corrected chi connectivity index (χ1v) is 6.87. The van der Waals surface area contributed by atoms with Gasteiger partial charge in [-0.2, -0.15) is 0 Å². The van der Waals surface area contributed by atoms with E-state index in [2.05, 4.69) is 15.3 Å². The lowest BCUT2D eigenvalue weighted by atomic mass is 10.2. The van der Waals surface area contributed by atoms with E-state index in [1.54, 1.807) is 7.11 Å². The van der Waals surface area contributed by atoms with Gasteiger partial charge in [0.25, 0.3) is 0 Å². The van der Waals surface area contributed by atoms with Crippen LogP contribution in [0.1, 0.15) is 38.6 Å². The zero-order valence-electron chi connectivity index (χ0n) is 12.1. The molecule has 2 N–H and O–H groups in total. The summed E-state index contributed by atoms with van der Waals surface area (Å²) in [7, 11) is 1.65. The standard InChI is InChI=1S/C15H21N3O2/c1-10(20-3)8-9-14(19)16-11(2)15-17-12-6-4-5-7-13(12)18-15/h4-7,10-11H,8-9H2,1-3H3,(H,16,19)(H,17,18). The topological polar surface area (TPSA) is 67.0 Å². The molecular formula is C15H21N3O2. The molecule has 0 aliphatic carbocycles. The molecule has 5 heteroatoms. The van der Waals surface area contributed by atoms with Gasteiger partial charge in [0.2, 0.25) is 5.91 Å². The van der Waals surface area contributed by atoms with Crippen LogP contribution in [0, 0.1) is 0 Å². The van der Waals surface area contributed by atoms with E-state index in [1.807, 2.05) is 38.1 Å². The molecular weight excluding hydrogens is 254 g/mol. The maximum atomic E-state index is 11.9. The minimum Gasteiger partial charge on any atom is -0.382 e. The molecule has 20 heavy (non-hydrogen) atoms. The number of amides is 1. The summed E-state index contributed by atoms with van der Waals surface area (Å²) < 4.78 is 5.13. The zero-order chi connectivity index (χ0) is 14.5. The van der Waals surface area contributed by atoms with E-state index in [1.165, 1.54) is 0 Å². The molecule has 1 aromatic heterocycles. The van der Waals surface area contributed by atoms with Crippen molar-refractivity contribution in [2.45, 2.75) is 38.8 Å². The summed E-state index contributed by atoms with van der Waals surface area (Å²) >= 11 is 0. The first kappa shape index (κ1) is 14.5. The van der Waals surface area contributed by atoms with Crippen molar-refractivity contribution in [3.8, 4) is 0 Å². The van der Waals surface area contributed by atoms with Gasteiger partial charge < -0.3 is 15.0 Å². The average Bonchev–Trinajstić information content (AvgIpc) is 2.88. The van der Waals surface area contributed by atoms with Gasteiger partial charge in [-0.1, -0.05) is 12.1 Å². The molecule has 5 nitrogen and oxygen atoms in total. The Morgan fingerprint density at radius 2 is 2.15 bits per heavy atom. The SMILES string of the molecule is COC(C)CCC(=O)NC(C)c1nc2ccccc2[nH]1. The maximum absolute atomic E-state index is 11.9. The summed E-state index contributed by atoms with van der Waals surface area (Å²) in [6.07, 6.45) is 1.27. The lowest BCUT2D eigenvalue weighted by molar-refractivity contribution is -0.122. The molecule has 2 atom stereocenters. The van der Waals surface area contributed by atoms with Crippen molar-refractivity contribution in [2.75, 3.05) is 7.11 Å². The Morgan fingerprint density at radius 3 is 2.85 bits per heavy atom. The highest BCUT2D eigenvalue weighted by Crippen LogP contribution is 2.15. The van der Waals surface area contributed by atoms with Gasteiger partial charge in [0, 0.05) is 13.5 Å². The van der Waals surface area contributed by atoms with Crippen LogP contribution in [0.25, 0.3) is 11.0 Å². The number of H-pyrrole nitrogens is 1. The summed E-state index contributed by atoms with van der Waals surface area (Å²) in [6, 6.07) is 7.69. The zero-order valence-corrected chi connectivity index (χ0v) is 12.1. The number of imidazole rings is 1. The van der Waals surface area contributed by atoms with Crippen molar-refractivity contribution in [2.24, 2.45) is 0 Å². The Kier molecular flexibility index (Phi) is 4.74. The molecule has 1 aromatic carbocycles.